The molecule has 0 aromatic heterocycles. The van der Waals surface area contributed by atoms with Gasteiger partial charge in [0.1, 0.15) is 6.61 Å². The fourth-order valence-corrected chi connectivity index (χ4v) is 6.18. The Morgan fingerprint density at radius 2 is 1.09 bits per heavy atom. The van der Waals surface area contributed by atoms with Crippen LogP contribution in [0.3, 0.4) is 0 Å². The maximum atomic E-state index is 12.4. The zero-order chi connectivity index (χ0) is 42.2. The van der Waals surface area contributed by atoms with E-state index in [1.807, 2.05) is 43.4 Å². The molecule has 4 N–H and O–H groups in total. The predicted octanol–water partition coefficient (Wildman–Crippen LogP) is 11.3. The lowest BCUT2D eigenvalue weighted by atomic mass is 10.0. The molecule has 0 heterocycles. The number of rotatable bonds is 38. The number of hydrogen-bond acceptors (Lipinski definition) is 8. The van der Waals surface area contributed by atoms with E-state index in [0.717, 1.165) is 31.6 Å². The molecule has 0 aliphatic rings. The van der Waals surface area contributed by atoms with Crippen LogP contribution in [0.15, 0.2) is 72.9 Å². The molecule has 0 unspecified atom stereocenters. The van der Waals surface area contributed by atoms with Gasteiger partial charge in [0.25, 0.3) is 0 Å². The molecule has 0 fully saturated rings. The van der Waals surface area contributed by atoms with Gasteiger partial charge in [0.15, 0.2) is 6.10 Å². The Bertz CT molecular complexity index is 1200. The molecule has 0 radical (unpaired) electrons. The third-order valence-corrected chi connectivity index (χ3v) is 9.58. The number of carbonyl (C=O) groups excluding carboxylic acids is 2. The highest BCUT2D eigenvalue weighted by molar-refractivity contribution is 7.46. The number of aliphatic hydroxyl groups excluding tert-OH is 2. The molecule has 0 aromatic rings. The summed E-state index contributed by atoms with van der Waals surface area (Å²) in [6.45, 7) is 5.69. The van der Waals surface area contributed by atoms with E-state index in [2.05, 4.69) is 18.4 Å². The summed E-state index contributed by atoms with van der Waals surface area (Å²) in [5, 5.41) is 19.9. The lowest BCUT2D eigenvalue weighted by Crippen LogP contribution is -2.29. The van der Waals surface area contributed by atoms with Gasteiger partial charge in [0, 0.05) is 12.8 Å². The number of phosphoric ester groups is 1. The van der Waals surface area contributed by atoms with Crippen LogP contribution in [0.5, 0.6) is 0 Å². The minimum atomic E-state index is -4.81. The third kappa shape index (κ3) is 42.8. The number of carbonyl (C=O) groups is 2. The molecule has 3 atom stereocenters. The van der Waals surface area contributed by atoms with Gasteiger partial charge < -0.3 is 29.5 Å². The van der Waals surface area contributed by atoms with Crippen LogP contribution in [0, 0.1) is 5.92 Å². The zero-order valence-electron chi connectivity index (χ0n) is 35.6. The van der Waals surface area contributed by atoms with Gasteiger partial charge in [-0.05, 0) is 44.4 Å². The maximum Gasteiger partial charge on any atom is 0.469 e. The Morgan fingerprint density at radius 3 is 1.60 bits per heavy atom. The van der Waals surface area contributed by atoms with Gasteiger partial charge in [-0.1, -0.05) is 190 Å². The number of hydrogen-bond donors (Lipinski definition) is 4. The first-order valence-electron chi connectivity index (χ1n) is 21.8. The summed E-state index contributed by atoms with van der Waals surface area (Å²) in [6.07, 6.45) is 42.7. The van der Waals surface area contributed by atoms with Crippen LogP contribution in [0.1, 0.15) is 168 Å². The van der Waals surface area contributed by atoms with Gasteiger partial charge >= 0.3 is 19.8 Å². The van der Waals surface area contributed by atoms with Gasteiger partial charge in [-0.25, -0.2) is 4.57 Å². The van der Waals surface area contributed by atoms with Crippen molar-refractivity contribution in [3.8, 4) is 0 Å². The largest absolute Gasteiger partial charge is 0.469 e. The Kier molecular flexibility index (Phi) is 37.1. The molecule has 10 nitrogen and oxygen atoms in total. The molecular formula is C46H79O10P. The SMILES string of the molecule is CC/C=C\C[C@H](O)/C=C/C=C\C=C\[C@H](O)C/C=C\C/C=C\CCC(=O)O[C@H](COC(=O)CCCCCCCCCCCCCCCCCC(C)C)COP(=O)(O)O. The summed E-state index contributed by atoms with van der Waals surface area (Å²) in [5.41, 5.74) is 0. The fourth-order valence-electron chi connectivity index (χ4n) is 5.82. The van der Waals surface area contributed by atoms with Gasteiger partial charge in [0.05, 0.1) is 18.8 Å². The molecule has 328 valence electrons. The first-order chi connectivity index (χ1) is 27.4. The summed E-state index contributed by atoms with van der Waals surface area (Å²) in [7, 11) is -4.81. The van der Waals surface area contributed by atoms with Crippen LogP contribution in [0.2, 0.25) is 0 Å². The van der Waals surface area contributed by atoms with Gasteiger partial charge in [0.2, 0.25) is 0 Å². The highest BCUT2D eigenvalue weighted by atomic mass is 31.2. The van der Waals surface area contributed by atoms with Crippen molar-refractivity contribution in [3.05, 3.63) is 72.9 Å². The van der Waals surface area contributed by atoms with E-state index in [0.29, 0.717) is 32.1 Å². The Labute approximate surface area is 345 Å². The van der Waals surface area contributed by atoms with Crippen LogP contribution >= 0.6 is 7.82 Å². The van der Waals surface area contributed by atoms with Crippen molar-refractivity contribution in [3.63, 3.8) is 0 Å². The molecule has 0 rings (SSSR count). The van der Waals surface area contributed by atoms with Crippen molar-refractivity contribution in [2.75, 3.05) is 13.2 Å². The van der Waals surface area contributed by atoms with Crippen molar-refractivity contribution in [1.82, 2.24) is 0 Å². The van der Waals surface area contributed by atoms with Crippen LogP contribution in [0.25, 0.3) is 0 Å². The number of allylic oxidation sites excluding steroid dienone is 8. The molecule has 0 aliphatic heterocycles. The Morgan fingerprint density at radius 1 is 0.596 bits per heavy atom. The molecule has 0 saturated heterocycles. The number of phosphoric acid groups is 1. The quantitative estimate of drug-likeness (QED) is 0.0155. The fraction of sp³-hybridized carbons (Fsp3) is 0.696. The van der Waals surface area contributed by atoms with Crippen LogP contribution < -0.4 is 0 Å². The second-order valence-corrected chi connectivity index (χ2v) is 16.4. The van der Waals surface area contributed by atoms with E-state index in [4.69, 9.17) is 19.3 Å². The Hall–Kier alpha value is -2.59. The van der Waals surface area contributed by atoms with E-state index in [1.165, 1.54) is 77.0 Å². The summed E-state index contributed by atoms with van der Waals surface area (Å²) < 4.78 is 26.3. The molecule has 0 aliphatic carbocycles. The summed E-state index contributed by atoms with van der Waals surface area (Å²) in [5.74, 6) is -0.226. The van der Waals surface area contributed by atoms with Crippen molar-refractivity contribution in [1.29, 1.82) is 0 Å². The first kappa shape index (κ1) is 54.4. The van der Waals surface area contributed by atoms with E-state index >= 15 is 0 Å². The monoisotopic (exact) mass is 823 g/mol. The van der Waals surface area contributed by atoms with Crippen molar-refractivity contribution < 1.29 is 48.2 Å². The Balaban J connectivity index is 4.14. The van der Waals surface area contributed by atoms with Crippen molar-refractivity contribution >= 4 is 19.8 Å². The highest BCUT2D eigenvalue weighted by Crippen LogP contribution is 2.36. The van der Waals surface area contributed by atoms with Crippen LogP contribution in [-0.2, 0) is 28.2 Å². The minimum absolute atomic E-state index is 0.0282. The van der Waals surface area contributed by atoms with E-state index in [9.17, 15) is 24.4 Å². The average molecular weight is 823 g/mol. The van der Waals surface area contributed by atoms with E-state index < -0.39 is 44.7 Å². The van der Waals surface area contributed by atoms with E-state index in [1.54, 1.807) is 36.5 Å². The number of aliphatic hydroxyl groups is 2. The van der Waals surface area contributed by atoms with Crippen LogP contribution in [0.4, 0.5) is 0 Å². The van der Waals surface area contributed by atoms with Crippen molar-refractivity contribution in [2.24, 2.45) is 5.92 Å². The lowest BCUT2D eigenvalue weighted by Gasteiger charge is -2.18. The smallest absolute Gasteiger partial charge is 0.462 e. The minimum Gasteiger partial charge on any atom is -0.462 e. The highest BCUT2D eigenvalue weighted by Gasteiger charge is 2.22. The first-order valence-corrected chi connectivity index (χ1v) is 23.3. The third-order valence-electron chi connectivity index (χ3n) is 9.10. The summed E-state index contributed by atoms with van der Waals surface area (Å²) >= 11 is 0. The number of esters is 2. The number of ether oxygens (including phenoxy) is 2. The standard InChI is InChI=1S/C46H79O10P/c1-4-5-25-33-42(47)35-28-23-24-29-36-43(48)34-27-20-17-18-22-31-38-46(50)56-44(40-55-57(51,52)53)39-54-45(49)37-30-21-16-14-12-10-8-6-7-9-11-13-15-19-26-32-41(2)3/h5,18,20,22-25,27-29,35-36,41-44,47-48H,4,6-17,19,21,26,30-34,37-40H2,1-3H3,(H2,51,52,53)/b22-18-,24-23-,25-5-,27-20-,35-28+,36-29+/t42-,43+,44+/m0/s1. The van der Waals surface area contributed by atoms with Gasteiger partial charge in [-0.2, -0.15) is 0 Å². The molecule has 0 saturated carbocycles. The molecule has 57 heavy (non-hydrogen) atoms. The predicted molar refractivity (Wildman–Crippen MR) is 232 cm³/mol. The van der Waals surface area contributed by atoms with Gasteiger partial charge in [-0.3, -0.25) is 14.1 Å². The molecule has 0 bridgehead atoms. The van der Waals surface area contributed by atoms with Crippen LogP contribution in [-0.4, -0.2) is 63.5 Å². The summed E-state index contributed by atoms with van der Waals surface area (Å²) in [6, 6.07) is 0. The van der Waals surface area contributed by atoms with Gasteiger partial charge in [-0.15, -0.1) is 0 Å². The van der Waals surface area contributed by atoms with Crippen molar-refractivity contribution in [2.45, 2.75) is 187 Å². The summed E-state index contributed by atoms with van der Waals surface area (Å²) in [4.78, 5) is 42.9. The lowest BCUT2D eigenvalue weighted by molar-refractivity contribution is -0.161. The second kappa shape index (κ2) is 38.9. The zero-order valence-corrected chi connectivity index (χ0v) is 36.5. The molecule has 0 amide bonds. The van der Waals surface area contributed by atoms with E-state index in [-0.39, 0.29) is 19.4 Å². The molecule has 0 aromatic carbocycles. The molecule has 11 heteroatoms. The molecular weight excluding hydrogens is 743 g/mol. The topological polar surface area (TPSA) is 160 Å². The maximum absolute atomic E-state index is 12.4. The second-order valence-electron chi connectivity index (χ2n) is 15.2. The normalized spacial score (nSPS) is 14.4. The average Bonchev–Trinajstić information content (AvgIpc) is 3.16. The number of unbranched alkanes of at least 4 members (excludes halogenated alkanes) is 14. The molecule has 0 spiro atoms.